The van der Waals surface area contributed by atoms with Gasteiger partial charge in [0, 0.05) is 11.9 Å². The zero-order valence-corrected chi connectivity index (χ0v) is 11.9. The van der Waals surface area contributed by atoms with Crippen LogP contribution in [0.25, 0.3) is 10.8 Å². The fraction of sp³-hybridized carbons (Fsp3) is 0.312. The lowest BCUT2D eigenvalue weighted by molar-refractivity contribution is 0.0524. The molecule has 4 heteroatoms. The molecule has 0 atom stereocenters. The molecule has 0 fully saturated rings. The van der Waals surface area contributed by atoms with Crippen LogP contribution in [0.3, 0.4) is 0 Å². The Morgan fingerprint density at radius 3 is 2.50 bits per heavy atom. The van der Waals surface area contributed by atoms with Gasteiger partial charge in [0.25, 0.3) is 0 Å². The summed E-state index contributed by atoms with van der Waals surface area (Å²) in [6.45, 7) is 5.82. The van der Waals surface area contributed by atoms with Gasteiger partial charge < -0.3 is 15.2 Å². The Balaban J connectivity index is 2.15. The zero-order chi connectivity index (χ0) is 14.8. The number of ether oxygens (including phenoxy) is 1. The molecule has 0 aliphatic heterocycles. The Labute approximate surface area is 118 Å². The molecule has 0 bridgehead atoms. The van der Waals surface area contributed by atoms with Crippen LogP contribution >= 0.6 is 0 Å². The van der Waals surface area contributed by atoms with Crippen molar-refractivity contribution in [3.8, 4) is 5.75 Å². The van der Waals surface area contributed by atoms with Crippen molar-refractivity contribution in [1.29, 1.82) is 0 Å². The predicted molar refractivity (Wildman–Crippen MR) is 78.7 cm³/mol. The number of phenols is 1. The second-order valence-corrected chi connectivity index (χ2v) is 5.64. The summed E-state index contributed by atoms with van der Waals surface area (Å²) < 4.78 is 5.20. The van der Waals surface area contributed by atoms with E-state index in [4.69, 9.17) is 4.74 Å². The molecule has 0 saturated heterocycles. The number of amides is 1. The van der Waals surface area contributed by atoms with E-state index < -0.39 is 11.7 Å². The van der Waals surface area contributed by atoms with Gasteiger partial charge in [0.15, 0.2) is 0 Å². The molecule has 20 heavy (non-hydrogen) atoms. The third-order valence-corrected chi connectivity index (χ3v) is 2.81. The molecule has 0 radical (unpaired) electrons. The Morgan fingerprint density at radius 1 is 1.15 bits per heavy atom. The third-order valence-electron chi connectivity index (χ3n) is 2.81. The lowest BCUT2D eigenvalue weighted by Gasteiger charge is -2.19. The van der Waals surface area contributed by atoms with E-state index >= 15 is 0 Å². The summed E-state index contributed by atoms with van der Waals surface area (Å²) in [7, 11) is 0. The number of alkyl carbamates (subject to hydrolysis) is 1. The number of hydrogen-bond donors (Lipinski definition) is 2. The highest BCUT2D eigenvalue weighted by Crippen LogP contribution is 2.26. The SMILES string of the molecule is CC(C)(C)OC(=O)NCc1cccc2c(O)cccc12. The molecule has 0 aliphatic carbocycles. The summed E-state index contributed by atoms with van der Waals surface area (Å²) in [4.78, 5) is 11.7. The van der Waals surface area contributed by atoms with Crippen molar-refractivity contribution >= 4 is 16.9 Å². The van der Waals surface area contributed by atoms with Gasteiger partial charge in [0.05, 0.1) is 0 Å². The summed E-state index contributed by atoms with van der Waals surface area (Å²) in [5, 5.41) is 14.2. The van der Waals surface area contributed by atoms with Crippen LogP contribution in [0.4, 0.5) is 4.79 Å². The molecule has 0 heterocycles. The van der Waals surface area contributed by atoms with Gasteiger partial charge in [-0.3, -0.25) is 0 Å². The number of hydrogen-bond acceptors (Lipinski definition) is 3. The monoisotopic (exact) mass is 273 g/mol. The fourth-order valence-electron chi connectivity index (χ4n) is 1.99. The van der Waals surface area contributed by atoms with Crippen molar-refractivity contribution in [3.63, 3.8) is 0 Å². The minimum absolute atomic E-state index is 0.238. The maximum absolute atomic E-state index is 11.7. The van der Waals surface area contributed by atoms with Crippen LogP contribution in [0.5, 0.6) is 5.75 Å². The molecule has 2 aromatic rings. The number of rotatable bonds is 2. The molecular formula is C16H19NO3. The first-order valence-electron chi connectivity index (χ1n) is 6.53. The molecule has 2 aromatic carbocycles. The van der Waals surface area contributed by atoms with E-state index in [1.54, 1.807) is 12.1 Å². The third kappa shape index (κ3) is 3.41. The Morgan fingerprint density at radius 2 is 1.80 bits per heavy atom. The van der Waals surface area contributed by atoms with Crippen molar-refractivity contribution in [2.24, 2.45) is 0 Å². The zero-order valence-electron chi connectivity index (χ0n) is 11.9. The van der Waals surface area contributed by atoms with Crippen LogP contribution < -0.4 is 5.32 Å². The molecule has 1 amide bonds. The van der Waals surface area contributed by atoms with Crippen LogP contribution in [0.2, 0.25) is 0 Å². The average Bonchev–Trinajstić information content (AvgIpc) is 2.35. The van der Waals surface area contributed by atoms with E-state index in [0.29, 0.717) is 6.54 Å². The van der Waals surface area contributed by atoms with E-state index in [-0.39, 0.29) is 5.75 Å². The Kier molecular flexibility index (Phi) is 3.84. The maximum atomic E-state index is 11.7. The Bertz CT molecular complexity index is 629. The minimum atomic E-state index is -0.513. The van der Waals surface area contributed by atoms with E-state index in [9.17, 15) is 9.90 Å². The molecular weight excluding hydrogens is 254 g/mol. The van der Waals surface area contributed by atoms with Crippen LogP contribution in [-0.2, 0) is 11.3 Å². The average molecular weight is 273 g/mol. The summed E-state index contributed by atoms with van der Waals surface area (Å²) in [5.41, 5.74) is 0.422. The molecule has 106 valence electrons. The lowest BCUT2D eigenvalue weighted by atomic mass is 10.0. The van der Waals surface area contributed by atoms with Crippen molar-refractivity contribution in [2.75, 3.05) is 0 Å². The smallest absolute Gasteiger partial charge is 0.407 e. The first-order valence-corrected chi connectivity index (χ1v) is 6.53. The number of nitrogens with one attached hydrogen (secondary N) is 1. The van der Waals surface area contributed by atoms with E-state index in [0.717, 1.165) is 16.3 Å². The number of carbonyl (C=O) groups excluding carboxylic acids is 1. The van der Waals surface area contributed by atoms with Crippen LogP contribution in [0.15, 0.2) is 36.4 Å². The second-order valence-electron chi connectivity index (χ2n) is 5.64. The summed E-state index contributed by atoms with van der Waals surface area (Å²) in [5.74, 6) is 0.238. The first kappa shape index (κ1) is 14.2. The molecule has 0 aliphatic rings. The van der Waals surface area contributed by atoms with Gasteiger partial charge in [0.2, 0.25) is 0 Å². The number of phenolic OH excluding ortho intramolecular Hbond substituents is 1. The highest BCUT2D eigenvalue weighted by atomic mass is 16.6. The Hall–Kier alpha value is -2.23. The summed E-state index contributed by atoms with van der Waals surface area (Å²) >= 11 is 0. The topological polar surface area (TPSA) is 58.6 Å². The van der Waals surface area contributed by atoms with E-state index in [1.807, 2.05) is 45.0 Å². The van der Waals surface area contributed by atoms with Gasteiger partial charge in [-0.25, -0.2) is 4.79 Å². The fourth-order valence-corrected chi connectivity index (χ4v) is 1.99. The molecule has 4 nitrogen and oxygen atoms in total. The van der Waals surface area contributed by atoms with Gasteiger partial charge >= 0.3 is 6.09 Å². The van der Waals surface area contributed by atoms with E-state index in [1.165, 1.54) is 0 Å². The quantitative estimate of drug-likeness (QED) is 0.879. The second kappa shape index (κ2) is 5.41. The predicted octanol–water partition coefficient (Wildman–Crippen LogP) is 3.57. The van der Waals surface area contributed by atoms with Crippen molar-refractivity contribution in [3.05, 3.63) is 42.0 Å². The highest BCUT2D eigenvalue weighted by molar-refractivity contribution is 5.90. The van der Waals surface area contributed by atoms with Gasteiger partial charge in [-0.15, -0.1) is 0 Å². The lowest BCUT2D eigenvalue weighted by Crippen LogP contribution is -2.32. The van der Waals surface area contributed by atoms with Crippen molar-refractivity contribution in [2.45, 2.75) is 32.9 Å². The van der Waals surface area contributed by atoms with Gasteiger partial charge in [-0.1, -0.05) is 30.3 Å². The molecule has 0 unspecified atom stereocenters. The maximum Gasteiger partial charge on any atom is 0.407 e. The number of carbonyl (C=O) groups is 1. The van der Waals surface area contributed by atoms with Crippen LogP contribution in [0, 0.1) is 0 Å². The molecule has 0 saturated carbocycles. The minimum Gasteiger partial charge on any atom is -0.507 e. The number of aromatic hydroxyl groups is 1. The number of benzene rings is 2. The van der Waals surface area contributed by atoms with Gasteiger partial charge in [-0.05, 0) is 37.8 Å². The van der Waals surface area contributed by atoms with Crippen molar-refractivity contribution < 1.29 is 14.6 Å². The van der Waals surface area contributed by atoms with Gasteiger partial charge in [0.1, 0.15) is 11.4 Å². The molecule has 0 spiro atoms. The van der Waals surface area contributed by atoms with Gasteiger partial charge in [-0.2, -0.15) is 0 Å². The van der Waals surface area contributed by atoms with Crippen LogP contribution in [0.1, 0.15) is 26.3 Å². The number of fused-ring (bicyclic) bond motifs is 1. The largest absolute Gasteiger partial charge is 0.507 e. The summed E-state index contributed by atoms with van der Waals surface area (Å²) in [6, 6.07) is 11.0. The standard InChI is InChI=1S/C16H19NO3/c1-16(2,3)20-15(19)17-10-11-6-4-8-13-12(11)7-5-9-14(13)18/h4-9,18H,10H2,1-3H3,(H,17,19). The molecule has 2 rings (SSSR count). The normalized spacial score (nSPS) is 11.3. The van der Waals surface area contributed by atoms with E-state index in [2.05, 4.69) is 5.32 Å². The first-order chi connectivity index (χ1) is 9.37. The molecule has 2 N–H and O–H groups in total. The highest BCUT2D eigenvalue weighted by Gasteiger charge is 2.16. The van der Waals surface area contributed by atoms with Crippen LogP contribution in [-0.4, -0.2) is 16.8 Å². The van der Waals surface area contributed by atoms with Crippen molar-refractivity contribution in [1.82, 2.24) is 5.32 Å². The summed E-state index contributed by atoms with van der Waals surface area (Å²) in [6.07, 6.45) is -0.449. The molecule has 0 aromatic heterocycles.